The molecule has 0 unspecified atom stereocenters. The number of hydrogen-bond acceptors (Lipinski definition) is 4. The molecule has 140 valence electrons. The smallest absolute Gasteiger partial charge is 0.257 e. The van der Waals surface area contributed by atoms with E-state index in [-0.39, 0.29) is 11.8 Å². The zero-order valence-corrected chi connectivity index (χ0v) is 15.3. The fourth-order valence-electron chi connectivity index (χ4n) is 2.49. The minimum Gasteiger partial charge on any atom is -0.496 e. The van der Waals surface area contributed by atoms with E-state index in [1.165, 1.54) is 12.3 Å². The van der Waals surface area contributed by atoms with Gasteiger partial charge in [-0.1, -0.05) is 18.2 Å². The van der Waals surface area contributed by atoms with E-state index < -0.39 is 0 Å². The molecule has 2 amide bonds. The lowest BCUT2D eigenvalue weighted by atomic mass is 10.2. The third-order valence-electron chi connectivity index (χ3n) is 3.89. The Morgan fingerprint density at radius 3 is 2.32 bits per heavy atom. The minimum absolute atomic E-state index is 0.246. The highest BCUT2D eigenvalue weighted by Crippen LogP contribution is 2.19. The SMILES string of the molecule is COc1ccccc1/C=C/C(=O)Nc1ccc(NC(=O)c2cccnc2)cc1. The van der Waals surface area contributed by atoms with Crippen LogP contribution in [0.5, 0.6) is 5.75 Å². The van der Waals surface area contributed by atoms with Crippen molar-refractivity contribution < 1.29 is 14.3 Å². The standard InChI is InChI=1S/C22H19N3O3/c1-28-20-7-3-2-5-16(20)8-13-21(26)24-18-9-11-19(12-10-18)25-22(27)17-6-4-14-23-15-17/h2-15H,1H3,(H,24,26)(H,25,27)/b13-8+. The molecule has 0 atom stereocenters. The van der Waals surface area contributed by atoms with Crippen LogP contribution in [0.15, 0.2) is 79.1 Å². The molecule has 6 nitrogen and oxygen atoms in total. The summed E-state index contributed by atoms with van der Waals surface area (Å²) in [7, 11) is 1.58. The molecule has 0 fully saturated rings. The highest BCUT2D eigenvalue weighted by molar-refractivity contribution is 6.04. The van der Waals surface area contributed by atoms with Crippen molar-refractivity contribution in [3.8, 4) is 5.75 Å². The van der Waals surface area contributed by atoms with Crippen LogP contribution < -0.4 is 15.4 Å². The number of hydrogen-bond donors (Lipinski definition) is 2. The van der Waals surface area contributed by atoms with Gasteiger partial charge in [0.25, 0.3) is 5.91 Å². The third-order valence-corrected chi connectivity index (χ3v) is 3.89. The maximum atomic E-state index is 12.1. The predicted molar refractivity (Wildman–Crippen MR) is 109 cm³/mol. The predicted octanol–water partition coefficient (Wildman–Crippen LogP) is 3.99. The molecule has 2 N–H and O–H groups in total. The van der Waals surface area contributed by atoms with Gasteiger partial charge in [-0.25, -0.2) is 0 Å². The number of carbonyl (C=O) groups is 2. The molecule has 3 aromatic rings. The van der Waals surface area contributed by atoms with Crippen LogP contribution >= 0.6 is 0 Å². The van der Waals surface area contributed by atoms with Gasteiger partial charge in [-0.15, -0.1) is 0 Å². The number of benzene rings is 2. The summed E-state index contributed by atoms with van der Waals surface area (Å²) >= 11 is 0. The second-order valence-electron chi connectivity index (χ2n) is 5.84. The fraction of sp³-hybridized carbons (Fsp3) is 0.0455. The summed E-state index contributed by atoms with van der Waals surface area (Å²) in [6, 6.07) is 17.7. The topological polar surface area (TPSA) is 80.3 Å². The summed E-state index contributed by atoms with van der Waals surface area (Å²) in [4.78, 5) is 28.1. The molecule has 1 aromatic heterocycles. The van der Waals surface area contributed by atoms with Gasteiger partial charge in [-0.2, -0.15) is 0 Å². The van der Waals surface area contributed by atoms with Crippen molar-refractivity contribution in [2.24, 2.45) is 0 Å². The van der Waals surface area contributed by atoms with Gasteiger partial charge in [0.05, 0.1) is 12.7 Å². The molecule has 3 rings (SSSR count). The quantitative estimate of drug-likeness (QED) is 0.640. The van der Waals surface area contributed by atoms with Gasteiger partial charge < -0.3 is 15.4 Å². The van der Waals surface area contributed by atoms with Crippen molar-refractivity contribution >= 4 is 29.3 Å². The highest BCUT2D eigenvalue weighted by atomic mass is 16.5. The van der Waals surface area contributed by atoms with E-state index in [4.69, 9.17) is 4.74 Å². The Bertz CT molecular complexity index is 983. The molecule has 0 spiro atoms. The van der Waals surface area contributed by atoms with Gasteiger partial charge in [0, 0.05) is 35.4 Å². The molecule has 1 heterocycles. The van der Waals surface area contributed by atoms with Gasteiger partial charge in [-0.3, -0.25) is 14.6 Å². The second kappa shape index (κ2) is 9.14. The average molecular weight is 373 g/mol. The van der Waals surface area contributed by atoms with Crippen LogP contribution in [-0.4, -0.2) is 23.9 Å². The van der Waals surface area contributed by atoms with Crippen LogP contribution in [-0.2, 0) is 4.79 Å². The molecule has 28 heavy (non-hydrogen) atoms. The van der Waals surface area contributed by atoms with E-state index in [1.54, 1.807) is 55.8 Å². The summed E-state index contributed by atoms with van der Waals surface area (Å²) in [5.74, 6) is 0.183. The molecule has 6 heteroatoms. The molecule has 0 aliphatic heterocycles. The van der Waals surface area contributed by atoms with Gasteiger partial charge >= 0.3 is 0 Å². The van der Waals surface area contributed by atoms with Crippen LogP contribution in [0.4, 0.5) is 11.4 Å². The Morgan fingerprint density at radius 2 is 1.64 bits per heavy atom. The van der Waals surface area contributed by atoms with Gasteiger partial charge in [0.2, 0.25) is 5.91 Å². The van der Waals surface area contributed by atoms with Crippen molar-refractivity contribution in [3.63, 3.8) is 0 Å². The molecular formula is C22H19N3O3. The van der Waals surface area contributed by atoms with E-state index in [9.17, 15) is 9.59 Å². The Morgan fingerprint density at radius 1 is 0.929 bits per heavy atom. The Kier molecular flexibility index (Phi) is 6.15. The number of para-hydroxylation sites is 1. The number of rotatable bonds is 6. The number of ether oxygens (including phenoxy) is 1. The first-order chi connectivity index (χ1) is 13.7. The fourth-order valence-corrected chi connectivity index (χ4v) is 2.49. The van der Waals surface area contributed by atoms with Crippen LogP contribution in [0, 0.1) is 0 Å². The largest absolute Gasteiger partial charge is 0.496 e. The maximum Gasteiger partial charge on any atom is 0.257 e. The highest BCUT2D eigenvalue weighted by Gasteiger charge is 2.06. The molecule has 0 aliphatic carbocycles. The van der Waals surface area contributed by atoms with E-state index in [0.29, 0.717) is 22.7 Å². The van der Waals surface area contributed by atoms with Crippen LogP contribution in [0.3, 0.4) is 0 Å². The molecule has 0 radical (unpaired) electrons. The van der Waals surface area contributed by atoms with Crippen molar-refractivity contribution in [2.45, 2.75) is 0 Å². The maximum absolute atomic E-state index is 12.1. The molecular weight excluding hydrogens is 354 g/mol. The average Bonchev–Trinajstić information content (AvgIpc) is 2.74. The summed E-state index contributed by atoms with van der Waals surface area (Å²) in [5.41, 5.74) is 2.53. The summed E-state index contributed by atoms with van der Waals surface area (Å²) < 4.78 is 5.25. The number of aromatic nitrogens is 1. The number of nitrogens with one attached hydrogen (secondary N) is 2. The zero-order chi connectivity index (χ0) is 19.8. The number of pyridine rings is 1. The first kappa shape index (κ1) is 18.8. The molecule has 0 aliphatic rings. The second-order valence-corrected chi connectivity index (χ2v) is 5.84. The number of amides is 2. The Balaban J connectivity index is 1.58. The van der Waals surface area contributed by atoms with Crippen LogP contribution in [0.25, 0.3) is 6.08 Å². The first-order valence-corrected chi connectivity index (χ1v) is 8.59. The first-order valence-electron chi connectivity index (χ1n) is 8.59. The summed E-state index contributed by atoms with van der Waals surface area (Å²) in [5, 5.41) is 5.55. The molecule has 2 aromatic carbocycles. The van der Waals surface area contributed by atoms with Gasteiger partial charge in [0.1, 0.15) is 5.75 Å². The number of methoxy groups -OCH3 is 1. The van der Waals surface area contributed by atoms with E-state index in [0.717, 1.165) is 5.56 Å². The van der Waals surface area contributed by atoms with Crippen LogP contribution in [0.1, 0.15) is 15.9 Å². The monoisotopic (exact) mass is 373 g/mol. The molecule has 0 saturated carbocycles. The lowest BCUT2D eigenvalue weighted by Crippen LogP contribution is -2.12. The number of nitrogens with zero attached hydrogens (tertiary/aromatic N) is 1. The van der Waals surface area contributed by atoms with Crippen LogP contribution in [0.2, 0.25) is 0 Å². The van der Waals surface area contributed by atoms with E-state index >= 15 is 0 Å². The lowest BCUT2D eigenvalue weighted by molar-refractivity contribution is -0.111. The lowest BCUT2D eigenvalue weighted by Gasteiger charge is -2.07. The van der Waals surface area contributed by atoms with E-state index in [2.05, 4.69) is 15.6 Å². The minimum atomic E-state index is -0.266. The van der Waals surface area contributed by atoms with Crippen molar-refractivity contribution in [1.82, 2.24) is 4.98 Å². The molecule has 0 bridgehead atoms. The molecule has 0 saturated heterocycles. The van der Waals surface area contributed by atoms with E-state index in [1.807, 2.05) is 24.3 Å². The Hall–Kier alpha value is -3.93. The van der Waals surface area contributed by atoms with Gasteiger partial charge in [0.15, 0.2) is 0 Å². The summed E-state index contributed by atoms with van der Waals surface area (Å²) in [6.45, 7) is 0. The van der Waals surface area contributed by atoms with Crippen molar-refractivity contribution in [1.29, 1.82) is 0 Å². The van der Waals surface area contributed by atoms with Crippen molar-refractivity contribution in [2.75, 3.05) is 17.7 Å². The third kappa shape index (κ3) is 5.04. The van der Waals surface area contributed by atoms with Crippen molar-refractivity contribution in [3.05, 3.63) is 90.3 Å². The van der Waals surface area contributed by atoms with Gasteiger partial charge in [-0.05, 0) is 48.5 Å². The number of anilines is 2. The number of carbonyl (C=O) groups excluding carboxylic acids is 2. The Labute approximate surface area is 162 Å². The summed E-state index contributed by atoms with van der Waals surface area (Å²) in [6.07, 6.45) is 6.24. The zero-order valence-electron chi connectivity index (χ0n) is 15.3. The normalized spacial score (nSPS) is 10.5.